The summed E-state index contributed by atoms with van der Waals surface area (Å²) < 4.78 is 33.9. The van der Waals surface area contributed by atoms with Crippen molar-refractivity contribution < 1.29 is 43.4 Å². The van der Waals surface area contributed by atoms with Gasteiger partial charge in [0.15, 0.2) is 6.29 Å². The van der Waals surface area contributed by atoms with Crippen molar-refractivity contribution in [3.8, 4) is 0 Å². The molecule has 0 aromatic carbocycles. The van der Waals surface area contributed by atoms with Crippen LogP contribution in [-0.2, 0) is 33.2 Å². The molecular formula is C17H32O9. The Morgan fingerprint density at radius 3 is 2.31 bits per heavy atom. The first kappa shape index (κ1) is 23.2. The highest BCUT2D eigenvalue weighted by molar-refractivity contribution is 5.66. The number of carboxylic acids is 1. The number of aliphatic hydroxyl groups excluding tert-OH is 1. The van der Waals surface area contributed by atoms with Gasteiger partial charge in [-0.3, -0.25) is 4.79 Å². The van der Waals surface area contributed by atoms with Gasteiger partial charge in [-0.15, -0.1) is 0 Å². The number of aliphatic carboxylic acids is 1. The van der Waals surface area contributed by atoms with Crippen LogP contribution in [0, 0.1) is 5.92 Å². The second kappa shape index (κ2) is 12.6. The van der Waals surface area contributed by atoms with Crippen molar-refractivity contribution in [2.45, 2.75) is 51.0 Å². The fourth-order valence-corrected chi connectivity index (χ4v) is 2.75. The third kappa shape index (κ3) is 7.43. The van der Waals surface area contributed by atoms with Crippen molar-refractivity contribution >= 4 is 5.97 Å². The Morgan fingerprint density at radius 1 is 1.08 bits per heavy atom. The van der Waals surface area contributed by atoms with Crippen LogP contribution in [0.2, 0.25) is 0 Å². The molecule has 0 aromatic heterocycles. The highest BCUT2D eigenvalue weighted by atomic mass is 16.7. The van der Waals surface area contributed by atoms with Gasteiger partial charge in [-0.1, -0.05) is 13.8 Å². The van der Waals surface area contributed by atoms with Crippen LogP contribution >= 0.6 is 0 Å². The van der Waals surface area contributed by atoms with Crippen molar-refractivity contribution in [1.82, 2.24) is 0 Å². The summed E-state index contributed by atoms with van der Waals surface area (Å²) in [5.74, 6) is -0.593. The summed E-state index contributed by atoms with van der Waals surface area (Å²) in [6.07, 6.45) is -3.14. The summed E-state index contributed by atoms with van der Waals surface area (Å²) in [6, 6.07) is 0. The maximum atomic E-state index is 10.7. The van der Waals surface area contributed by atoms with E-state index in [9.17, 15) is 4.79 Å². The van der Waals surface area contributed by atoms with Crippen LogP contribution < -0.4 is 0 Å². The van der Waals surface area contributed by atoms with Crippen LogP contribution in [0.15, 0.2) is 0 Å². The molecule has 9 heteroatoms. The van der Waals surface area contributed by atoms with Crippen LogP contribution in [-0.4, -0.2) is 94.1 Å². The van der Waals surface area contributed by atoms with Gasteiger partial charge in [0.2, 0.25) is 0 Å². The topological polar surface area (TPSA) is 113 Å². The number of ether oxygens (including phenoxy) is 6. The predicted octanol–water partition coefficient (Wildman–Crippen LogP) is 0.283. The number of hydrogen-bond acceptors (Lipinski definition) is 8. The molecule has 2 N–H and O–H groups in total. The average molecular weight is 380 g/mol. The lowest BCUT2D eigenvalue weighted by molar-refractivity contribution is -0.318. The van der Waals surface area contributed by atoms with E-state index in [4.69, 9.17) is 38.6 Å². The third-order valence-corrected chi connectivity index (χ3v) is 3.87. The zero-order valence-electron chi connectivity index (χ0n) is 16.0. The monoisotopic (exact) mass is 380 g/mol. The highest BCUT2D eigenvalue weighted by Crippen LogP contribution is 2.28. The van der Waals surface area contributed by atoms with E-state index in [1.54, 1.807) is 7.11 Å². The van der Waals surface area contributed by atoms with Crippen LogP contribution in [0.5, 0.6) is 0 Å². The molecule has 0 aliphatic carbocycles. The van der Waals surface area contributed by atoms with Gasteiger partial charge in [0, 0.05) is 20.8 Å². The molecule has 5 atom stereocenters. The Labute approximate surface area is 154 Å². The molecule has 9 nitrogen and oxygen atoms in total. The number of carbonyl (C=O) groups is 1. The minimum absolute atomic E-state index is 0.0351. The lowest BCUT2D eigenvalue weighted by Crippen LogP contribution is -2.61. The summed E-state index contributed by atoms with van der Waals surface area (Å²) >= 11 is 0. The molecule has 0 aromatic rings. The molecule has 154 valence electrons. The van der Waals surface area contributed by atoms with Gasteiger partial charge in [-0.2, -0.15) is 0 Å². The molecule has 1 saturated heterocycles. The molecule has 0 spiro atoms. The zero-order chi connectivity index (χ0) is 19.5. The van der Waals surface area contributed by atoms with E-state index in [0.717, 1.165) is 0 Å². The van der Waals surface area contributed by atoms with Crippen LogP contribution in [0.4, 0.5) is 0 Å². The molecule has 1 aliphatic rings. The van der Waals surface area contributed by atoms with Crippen molar-refractivity contribution in [3.63, 3.8) is 0 Å². The summed E-state index contributed by atoms with van der Waals surface area (Å²) in [7, 11) is 3.07. The molecule has 1 rings (SSSR count). The minimum atomic E-state index is -0.969. The SMILES string of the molecule is CO[C@@H]1[C@H](OCCO)[C@H](OCCC(=O)O)O[C@H](COCC(C)C)[C@H]1OC. The number of rotatable bonds is 13. The smallest absolute Gasteiger partial charge is 0.305 e. The molecule has 1 aliphatic heterocycles. The summed E-state index contributed by atoms with van der Waals surface area (Å²) in [5, 5.41) is 17.9. The first-order valence-corrected chi connectivity index (χ1v) is 8.79. The van der Waals surface area contributed by atoms with Gasteiger partial charge < -0.3 is 38.6 Å². The molecule has 26 heavy (non-hydrogen) atoms. The molecule has 0 radical (unpaired) electrons. The predicted molar refractivity (Wildman–Crippen MR) is 90.9 cm³/mol. The van der Waals surface area contributed by atoms with Gasteiger partial charge in [0.1, 0.15) is 24.4 Å². The van der Waals surface area contributed by atoms with Crippen molar-refractivity contribution in [2.24, 2.45) is 5.92 Å². The van der Waals surface area contributed by atoms with E-state index >= 15 is 0 Å². The lowest BCUT2D eigenvalue weighted by atomic mass is 9.98. The van der Waals surface area contributed by atoms with E-state index in [-0.39, 0.29) is 32.8 Å². The number of aliphatic hydroxyl groups is 1. The molecule has 0 unspecified atom stereocenters. The Balaban J connectivity index is 2.84. The van der Waals surface area contributed by atoms with Gasteiger partial charge in [0.25, 0.3) is 0 Å². The fourth-order valence-electron chi connectivity index (χ4n) is 2.75. The van der Waals surface area contributed by atoms with E-state index < -0.39 is 36.7 Å². The summed E-state index contributed by atoms with van der Waals surface area (Å²) in [5.41, 5.74) is 0. The quantitative estimate of drug-likeness (QED) is 0.465. The van der Waals surface area contributed by atoms with E-state index in [2.05, 4.69) is 0 Å². The largest absolute Gasteiger partial charge is 0.481 e. The number of hydrogen-bond donors (Lipinski definition) is 2. The first-order valence-electron chi connectivity index (χ1n) is 8.79. The number of carboxylic acid groups (broad SMARTS) is 1. The van der Waals surface area contributed by atoms with E-state index in [0.29, 0.717) is 12.5 Å². The molecule has 0 bridgehead atoms. The highest BCUT2D eigenvalue weighted by Gasteiger charge is 2.48. The molecular weight excluding hydrogens is 348 g/mol. The van der Waals surface area contributed by atoms with Crippen molar-refractivity contribution in [3.05, 3.63) is 0 Å². The van der Waals surface area contributed by atoms with Gasteiger partial charge >= 0.3 is 5.97 Å². The molecule has 1 heterocycles. The normalized spacial score (nSPS) is 29.2. The van der Waals surface area contributed by atoms with Crippen LogP contribution in [0.1, 0.15) is 20.3 Å². The zero-order valence-corrected chi connectivity index (χ0v) is 16.0. The second-order valence-corrected chi connectivity index (χ2v) is 6.45. The Morgan fingerprint density at radius 2 is 1.77 bits per heavy atom. The Hall–Kier alpha value is -0.810. The standard InChI is InChI=1S/C17H32O9/c1-11(2)9-23-10-12-14(21-3)15(22-4)16(24-8-6-18)17(26-12)25-7-5-13(19)20/h11-12,14-18H,5-10H2,1-4H3,(H,19,20)/t12-,14-,15+,16+,17-/m1/s1. The number of methoxy groups -OCH3 is 2. The van der Waals surface area contributed by atoms with Crippen molar-refractivity contribution in [1.29, 1.82) is 0 Å². The molecule has 1 fully saturated rings. The first-order chi connectivity index (χ1) is 12.4. The molecule has 0 saturated carbocycles. The second-order valence-electron chi connectivity index (χ2n) is 6.45. The van der Waals surface area contributed by atoms with Crippen LogP contribution in [0.3, 0.4) is 0 Å². The maximum Gasteiger partial charge on any atom is 0.305 e. The minimum Gasteiger partial charge on any atom is -0.481 e. The fraction of sp³-hybridized carbons (Fsp3) is 0.941. The van der Waals surface area contributed by atoms with E-state index in [1.165, 1.54) is 7.11 Å². The van der Waals surface area contributed by atoms with E-state index in [1.807, 2.05) is 13.8 Å². The summed E-state index contributed by atoms with van der Waals surface area (Å²) in [6.45, 7) is 4.80. The Bertz CT molecular complexity index is 390. The van der Waals surface area contributed by atoms with Crippen LogP contribution in [0.25, 0.3) is 0 Å². The maximum absolute atomic E-state index is 10.7. The third-order valence-electron chi connectivity index (χ3n) is 3.87. The average Bonchev–Trinajstić information content (AvgIpc) is 2.59. The molecule has 0 amide bonds. The van der Waals surface area contributed by atoms with Gasteiger partial charge in [-0.25, -0.2) is 0 Å². The summed E-state index contributed by atoms with van der Waals surface area (Å²) in [4.78, 5) is 10.7. The van der Waals surface area contributed by atoms with Gasteiger partial charge in [0.05, 0.1) is 32.8 Å². The lowest BCUT2D eigenvalue weighted by Gasteiger charge is -2.44. The van der Waals surface area contributed by atoms with Crippen molar-refractivity contribution in [2.75, 3.05) is 47.3 Å². The Kier molecular flexibility index (Phi) is 11.2. The van der Waals surface area contributed by atoms with Gasteiger partial charge in [-0.05, 0) is 5.92 Å².